The summed E-state index contributed by atoms with van der Waals surface area (Å²) in [5.74, 6) is 0.486. The Labute approximate surface area is 97.4 Å². The van der Waals surface area contributed by atoms with Gasteiger partial charge in [-0.1, -0.05) is 0 Å². The molecule has 0 radical (unpaired) electrons. The molecule has 0 aliphatic carbocycles. The lowest BCUT2D eigenvalue weighted by Gasteiger charge is -2.24. The second-order valence-electron chi connectivity index (χ2n) is 4.14. The van der Waals surface area contributed by atoms with Crippen LogP contribution in [-0.4, -0.2) is 40.9 Å². The van der Waals surface area contributed by atoms with E-state index in [-0.39, 0.29) is 12.3 Å². The van der Waals surface area contributed by atoms with Crippen LogP contribution < -0.4 is 4.90 Å². The van der Waals surface area contributed by atoms with Gasteiger partial charge in [-0.05, 0) is 24.4 Å². The Kier molecular flexibility index (Phi) is 3.88. The van der Waals surface area contributed by atoms with Crippen molar-refractivity contribution in [3.8, 4) is 0 Å². The van der Waals surface area contributed by atoms with Crippen molar-refractivity contribution in [1.29, 1.82) is 0 Å². The summed E-state index contributed by atoms with van der Waals surface area (Å²) in [6.45, 7) is 1.72. The topological polar surface area (TPSA) is 62.4 Å². The summed E-state index contributed by atoms with van der Waals surface area (Å²) in [4.78, 5) is 5.97. The zero-order chi connectivity index (χ0) is 12.3. The van der Waals surface area contributed by atoms with Gasteiger partial charge < -0.3 is 14.5 Å². The van der Waals surface area contributed by atoms with Gasteiger partial charge in [-0.2, -0.15) is 4.98 Å². The summed E-state index contributed by atoms with van der Waals surface area (Å²) < 4.78 is 29.1. The average Bonchev–Trinajstić information content (AvgIpc) is 2.78. The van der Waals surface area contributed by atoms with Gasteiger partial charge in [0.1, 0.15) is 6.10 Å². The highest BCUT2D eigenvalue weighted by atomic mass is 19.3. The van der Waals surface area contributed by atoms with Crippen molar-refractivity contribution in [1.82, 2.24) is 10.1 Å². The van der Waals surface area contributed by atoms with E-state index in [2.05, 4.69) is 10.1 Å². The molecule has 5 nitrogen and oxygen atoms in total. The van der Waals surface area contributed by atoms with Gasteiger partial charge in [0.05, 0.1) is 6.42 Å². The molecule has 0 spiro atoms. The van der Waals surface area contributed by atoms with E-state index in [0.29, 0.717) is 5.95 Å². The largest absolute Gasteiger partial charge is 0.387 e. The van der Waals surface area contributed by atoms with E-state index in [0.717, 1.165) is 25.9 Å². The van der Waals surface area contributed by atoms with Crippen LogP contribution in [-0.2, 0) is 6.42 Å². The Morgan fingerprint density at radius 1 is 1.29 bits per heavy atom. The van der Waals surface area contributed by atoms with Gasteiger partial charge >= 0.3 is 0 Å². The van der Waals surface area contributed by atoms with Gasteiger partial charge in [-0.3, -0.25) is 0 Å². The summed E-state index contributed by atoms with van der Waals surface area (Å²) in [6, 6.07) is 0. The number of aliphatic hydroxyl groups excluding tert-OH is 1. The van der Waals surface area contributed by atoms with Gasteiger partial charge in [0.25, 0.3) is 12.4 Å². The molecule has 1 unspecified atom stereocenters. The molecule has 1 saturated heterocycles. The van der Waals surface area contributed by atoms with Crippen LogP contribution in [0.4, 0.5) is 14.7 Å². The van der Waals surface area contributed by atoms with Crippen LogP contribution in [0.2, 0.25) is 0 Å². The Morgan fingerprint density at radius 2 is 2.00 bits per heavy atom. The van der Waals surface area contributed by atoms with E-state index in [9.17, 15) is 8.78 Å². The average molecular weight is 247 g/mol. The predicted octanol–water partition coefficient (Wildman–Crippen LogP) is 1.23. The van der Waals surface area contributed by atoms with Crippen molar-refractivity contribution in [3.63, 3.8) is 0 Å². The summed E-state index contributed by atoms with van der Waals surface area (Å²) in [5, 5.41) is 12.7. The van der Waals surface area contributed by atoms with E-state index in [1.54, 1.807) is 0 Å². The van der Waals surface area contributed by atoms with Crippen molar-refractivity contribution in [2.24, 2.45) is 0 Å². The van der Waals surface area contributed by atoms with E-state index in [1.165, 1.54) is 6.42 Å². The molecule has 1 aliphatic heterocycles. The molecule has 1 aromatic heterocycles. The van der Waals surface area contributed by atoms with Gasteiger partial charge in [0.15, 0.2) is 0 Å². The third kappa shape index (κ3) is 3.12. The molecule has 0 aromatic carbocycles. The highest BCUT2D eigenvalue weighted by Gasteiger charge is 2.22. The fraction of sp³-hybridized carbons (Fsp3) is 0.800. The number of aromatic nitrogens is 2. The van der Waals surface area contributed by atoms with E-state index >= 15 is 0 Å². The monoisotopic (exact) mass is 247 g/mol. The van der Waals surface area contributed by atoms with Crippen LogP contribution >= 0.6 is 0 Å². The first kappa shape index (κ1) is 12.2. The molecular weight excluding hydrogens is 232 g/mol. The van der Waals surface area contributed by atoms with Crippen molar-refractivity contribution >= 4 is 5.95 Å². The van der Waals surface area contributed by atoms with Crippen LogP contribution in [0.15, 0.2) is 4.52 Å². The molecule has 2 rings (SSSR count). The zero-order valence-electron chi connectivity index (χ0n) is 9.35. The minimum atomic E-state index is -2.79. The normalized spacial score (nSPS) is 18.7. The van der Waals surface area contributed by atoms with Crippen LogP contribution in [0.25, 0.3) is 0 Å². The molecule has 17 heavy (non-hydrogen) atoms. The Hall–Kier alpha value is -1.24. The first-order chi connectivity index (χ1) is 8.16. The summed E-state index contributed by atoms with van der Waals surface area (Å²) in [6.07, 6.45) is -1.51. The van der Waals surface area contributed by atoms with Gasteiger partial charge in [0, 0.05) is 13.1 Å². The number of piperidine rings is 1. The maximum atomic E-state index is 12.1. The fourth-order valence-corrected chi connectivity index (χ4v) is 1.82. The molecule has 1 fully saturated rings. The third-order valence-corrected chi connectivity index (χ3v) is 2.77. The maximum Gasteiger partial charge on any atom is 0.266 e. The lowest BCUT2D eigenvalue weighted by Crippen LogP contribution is -2.30. The lowest BCUT2D eigenvalue weighted by molar-refractivity contribution is -0.00754. The van der Waals surface area contributed by atoms with Gasteiger partial charge in [0.2, 0.25) is 5.89 Å². The second kappa shape index (κ2) is 5.39. The van der Waals surface area contributed by atoms with Crippen molar-refractivity contribution in [2.45, 2.75) is 38.2 Å². The minimum Gasteiger partial charge on any atom is -0.387 e. The molecule has 0 bridgehead atoms. The van der Waals surface area contributed by atoms with Crippen LogP contribution in [0.1, 0.15) is 25.2 Å². The zero-order valence-corrected chi connectivity index (χ0v) is 9.35. The number of alkyl halides is 2. The molecule has 96 valence electrons. The molecule has 1 aromatic rings. The predicted molar refractivity (Wildman–Crippen MR) is 56.1 cm³/mol. The molecule has 1 atom stereocenters. The molecule has 1 N–H and O–H groups in total. The SMILES string of the molecule is OC(Cc1nc(N2CCCCC2)no1)C(F)F. The number of hydrogen-bond donors (Lipinski definition) is 1. The standard InChI is InChI=1S/C10H15F2N3O2/c11-9(12)7(16)6-8-13-10(14-17-8)15-4-2-1-3-5-15/h7,9,16H,1-6H2. The summed E-state index contributed by atoms with van der Waals surface area (Å²) >= 11 is 0. The molecule has 0 saturated carbocycles. The number of nitrogens with zero attached hydrogens (tertiary/aromatic N) is 3. The van der Waals surface area contributed by atoms with Crippen molar-refractivity contribution in [2.75, 3.05) is 18.0 Å². The highest BCUT2D eigenvalue weighted by Crippen LogP contribution is 2.17. The van der Waals surface area contributed by atoms with Crippen molar-refractivity contribution in [3.05, 3.63) is 5.89 Å². The molecule has 0 amide bonds. The van der Waals surface area contributed by atoms with Gasteiger partial charge in [-0.25, -0.2) is 8.78 Å². The number of rotatable bonds is 4. The Bertz CT molecular complexity index is 353. The van der Waals surface area contributed by atoms with Crippen LogP contribution in [0.3, 0.4) is 0 Å². The van der Waals surface area contributed by atoms with E-state index in [4.69, 9.17) is 9.63 Å². The first-order valence-corrected chi connectivity index (χ1v) is 5.70. The summed E-state index contributed by atoms with van der Waals surface area (Å²) in [5.41, 5.74) is 0. The smallest absolute Gasteiger partial charge is 0.266 e. The minimum absolute atomic E-state index is 0.0540. The molecule has 1 aliphatic rings. The molecular formula is C10H15F2N3O2. The quantitative estimate of drug-likeness (QED) is 0.867. The third-order valence-electron chi connectivity index (χ3n) is 2.77. The van der Waals surface area contributed by atoms with E-state index < -0.39 is 12.5 Å². The van der Waals surface area contributed by atoms with Crippen LogP contribution in [0.5, 0.6) is 0 Å². The number of aliphatic hydroxyl groups is 1. The number of halogens is 2. The number of anilines is 1. The molecule has 2 heterocycles. The Morgan fingerprint density at radius 3 is 2.65 bits per heavy atom. The maximum absolute atomic E-state index is 12.1. The van der Waals surface area contributed by atoms with E-state index in [1.807, 2.05) is 4.90 Å². The number of hydrogen-bond acceptors (Lipinski definition) is 5. The lowest BCUT2D eigenvalue weighted by atomic mass is 10.1. The highest BCUT2D eigenvalue weighted by molar-refractivity contribution is 5.28. The molecule has 7 heteroatoms. The van der Waals surface area contributed by atoms with Crippen LogP contribution in [0, 0.1) is 0 Å². The first-order valence-electron chi connectivity index (χ1n) is 5.70. The Balaban J connectivity index is 1.95. The second-order valence-corrected chi connectivity index (χ2v) is 4.14. The fourth-order valence-electron chi connectivity index (χ4n) is 1.82. The van der Waals surface area contributed by atoms with Crippen molar-refractivity contribution < 1.29 is 18.4 Å². The van der Waals surface area contributed by atoms with Gasteiger partial charge in [-0.15, -0.1) is 0 Å². The summed E-state index contributed by atoms with van der Waals surface area (Å²) in [7, 11) is 0.